The third kappa shape index (κ3) is 7.17. The molecule has 17 heteroatoms. The monoisotopic (exact) mass is 547 g/mol. The molecule has 2 fully saturated rings. The number of nitrogens with two attached hydrogens (primary N) is 1. The van der Waals surface area contributed by atoms with Gasteiger partial charge in [0, 0.05) is 6.42 Å². The number of aliphatic hydroxyl groups excluding tert-OH is 10. The minimum Gasteiger partial charge on any atom is -0.394 e. The van der Waals surface area contributed by atoms with Crippen molar-refractivity contribution in [3.05, 3.63) is 0 Å². The average molecular weight is 548 g/mol. The van der Waals surface area contributed by atoms with E-state index in [1.807, 2.05) is 0 Å². The van der Waals surface area contributed by atoms with Gasteiger partial charge in [0.1, 0.15) is 67.1 Å². The molecule has 0 aromatic rings. The highest BCUT2D eigenvalue weighted by Gasteiger charge is 2.48. The van der Waals surface area contributed by atoms with Gasteiger partial charge in [-0.25, -0.2) is 0 Å². The molecule has 0 bridgehead atoms. The maximum absolute atomic E-state index is 11.7. The van der Waals surface area contributed by atoms with E-state index >= 15 is 0 Å². The van der Waals surface area contributed by atoms with Crippen LogP contribution in [0.1, 0.15) is 13.3 Å². The molecule has 37 heavy (non-hydrogen) atoms. The molecular weight excluding hydrogens is 510 g/mol. The van der Waals surface area contributed by atoms with Crippen molar-refractivity contribution in [2.24, 2.45) is 5.73 Å². The van der Waals surface area contributed by atoms with E-state index in [0.717, 1.165) is 0 Å². The van der Waals surface area contributed by atoms with E-state index in [2.05, 4.69) is 0 Å². The second-order valence-electron chi connectivity index (χ2n) is 8.98. The molecule has 2 aliphatic rings. The fraction of sp³-hybridized carbons (Fsp3) is 0.950. The van der Waals surface area contributed by atoms with Gasteiger partial charge >= 0.3 is 0 Å². The van der Waals surface area contributed by atoms with Gasteiger partial charge in [-0.1, -0.05) is 6.92 Å². The van der Waals surface area contributed by atoms with Crippen molar-refractivity contribution >= 4 is 5.78 Å². The summed E-state index contributed by atoms with van der Waals surface area (Å²) in [7, 11) is 0. The number of hydrogen-bond donors (Lipinski definition) is 12. The predicted molar refractivity (Wildman–Crippen MR) is 115 cm³/mol. The van der Waals surface area contributed by atoms with Gasteiger partial charge in [0.15, 0.2) is 18.4 Å². The Labute approximate surface area is 210 Å². The zero-order valence-corrected chi connectivity index (χ0v) is 19.9. The van der Waals surface area contributed by atoms with E-state index < -0.39 is 111 Å². The molecule has 2 heterocycles. The number of Topliss-reactive ketones (excluding diaryl/α,β-unsaturated/α-hetero) is 1. The second kappa shape index (κ2) is 13.4. The molecule has 0 saturated carbocycles. The van der Waals surface area contributed by atoms with E-state index in [0.29, 0.717) is 0 Å². The van der Waals surface area contributed by atoms with Crippen molar-refractivity contribution in [1.29, 1.82) is 0 Å². The first-order valence-electron chi connectivity index (χ1n) is 11.5. The van der Waals surface area contributed by atoms with Crippen molar-refractivity contribution in [1.82, 2.24) is 0 Å². The van der Waals surface area contributed by atoms with Gasteiger partial charge in [0.2, 0.25) is 5.72 Å². The quantitative estimate of drug-likeness (QED) is 0.101. The van der Waals surface area contributed by atoms with Crippen molar-refractivity contribution < 1.29 is 79.9 Å². The largest absolute Gasteiger partial charge is 0.394 e. The van der Waals surface area contributed by atoms with Crippen molar-refractivity contribution in [2.75, 3.05) is 19.8 Å². The average Bonchev–Trinajstić information content (AvgIpc) is 2.88. The number of carbonyl (C=O) groups excluding carboxylic acids is 1. The molecule has 14 atom stereocenters. The van der Waals surface area contributed by atoms with Crippen LogP contribution in [0.2, 0.25) is 0 Å². The Kier molecular flexibility index (Phi) is 11.7. The fourth-order valence-corrected chi connectivity index (χ4v) is 3.80. The van der Waals surface area contributed by atoms with Crippen LogP contribution >= 0.6 is 0 Å². The third-order valence-corrected chi connectivity index (χ3v) is 6.31. The summed E-state index contributed by atoms with van der Waals surface area (Å²) in [4.78, 5) is 11.7. The summed E-state index contributed by atoms with van der Waals surface area (Å²) in [5.41, 5.74) is 2.47. The lowest BCUT2D eigenvalue weighted by Crippen LogP contribution is -2.64. The number of carbonyl (C=O) groups is 1. The van der Waals surface area contributed by atoms with Crippen molar-refractivity contribution in [3.63, 3.8) is 0 Å². The van der Waals surface area contributed by atoms with Gasteiger partial charge in [0.05, 0.1) is 19.8 Å². The Balaban J connectivity index is 1.98. The lowest BCUT2D eigenvalue weighted by atomic mass is 9.93. The Morgan fingerprint density at radius 1 is 0.865 bits per heavy atom. The highest BCUT2D eigenvalue weighted by atomic mass is 16.7. The predicted octanol–water partition coefficient (Wildman–Crippen LogP) is -7.66. The number of aliphatic hydroxyl groups is 11. The van der Waals surface area contributed by atoms with Crippen LogP contribution in [0.3, 0.4) is 0 Å². The first-order valence-corrected chi connectivity index (χ1v) is 11.5. The standard InChI is InChI=1S/C20H37NO16/c1-2-9(24)20(21,33)17(32)10(25)6(23)4-34-18-16(31)14(29)12(27)8(37-18)5-35-19-15(30)13(28)11(26)7(3-22)36-19/h6-8,10-19,22-23,25-33H,2-5,21H2,1H3/t6-,7-,8-,10-,11-,12-,13+,14+,15-,16-,17+,18+,19+,20+/m1/s1. The van der Waals surface area contributed by atoms with E-state index in [1.54, 1.807) is 0 Å². The van der Waals surface area contributed by atoms with E-state index in [4.69, 9.17) is 24.7 Å². The van der Waals surface area contributed by atoms with Gasteiger partial charge in [-0.2, -0.15) is 0 Å². The summed E-state index contributed by atoms with van der Waals surface area (Å²) in [5, 5.41) is 110. The number of rotatable bonds is 12. The topological polar surface area (TPSA) is 303 Å². The molecule has 13 N–H and O–H groups in total. The second-order valence-corrected chi connectivity index (χ2v) is 8.98. The molecule has 17 nitrogen and oxygen atoms in total. The summed E-state index contributed by atoms with van der Waals surface area (Å²) in [6.45, 7) is -0.876. The van der Waals surface area contributed by atoms with Gasteiger partial charge < -0.3 is 75.1 Å². The molecular formula is C20H37NO16. The summed E-state index contributed by atoms with van der Waals surface area (Å²) in [6.07, 6.45) is -23.4. The van der Waals surface area contributed by atoms with Gasteiger partial charge in [-0.3, -0.25) is 10.5 Å². The van der Waals surface area contributed by atoms with Gasteiger partial charge in [-0.05, 0) is 0 Å². The van der Waals surface area contributed by atoms with Crippen LogP contribution in [-0.2, 0) is 23.7 Å². The lowest BCUT2D eigenvalue weighted by Gasteiger charge is -2.43. The van der Waals surface area contributed by atoms with Crippen LogP contribution in [0.5, 0.6) is 0 Å². The minimum atomic E-state index is -2.87. The van der Waals surface area contributed by atoms with Gasteiger partial charge in [-0.15, -0.1) is 0 Å². The first kappa shape index (κ1) is 32.2. The van der Waals surface area contributed by atoms with Gasteiger partial charge in [0.25, 0.3) is 0 Å². The molecule has 2 aliphatic heterocycles. The van der Waals surface area contributed by atoms with Crippen LogP contribution in [0, 0.1) is 0 Å². The van der Waals surface area contributed by atoms with E-state index in [9.17, 15) is 61.0 Å². The highest BCUT2D eigenvalue weighted by Crippen LogP contribution is 2.26. The maximum Gasteiger partial charge on any atom is 0.202 e. The fourth-order valence-electron chi connectivity index (χ4n) is 3.80. The summed E-state index contributed by atoms with van der Waals surface area (Å²) < 4.78 is 20.9. The highest BCUT2D eigenvalue weighted by molar-refractivity contribution is 5.86. The van der Waals surface area contributed by atoms with Crippen LogP contribution in [0.4, 0.5) is 0 Å². The Bertz CT molecular complexity index is 726. The van der Waals surface area contributed by atoms with Crippen LogP contribution in [-0.4, -0.2) is 167 Å². The lowest BCUT2D eigenvalue weighted by molar-refractivity contribution is -0.333. The van der Waals surface area contributed by atoms with Crippen molar-refractivity contribution in [2.45, 2.75) is 98.8 Å². The number of ether oxygens (including phenoxy) is 4. The van der Waals surface area contributed by atoms with Crippen LogP contribution in [0.25, 0.3) is 0 Å². The van der Waals surface area contributed by atoms with Crippen molar-refractivity contribution in [3.8, 4) is 0 Å². The molecule has 0 amide bonds. The normalized spacial score (nSPS) is 41.0. The zero-order chi connectivity index (χ0) is 28.2. The molecule has 0 aliphatic carbocycles. The summed E-state index contributed by atoms with van der Waals surface area (Å²) in [6, 6.07) is 0. The van der Waals surface area contributed by atoms with Crippen LogP contribution in [0.15, 0.2) is 0 Å². The smallest absolute Gasteiger partial charge is 0.202 e. The molecule has 0 unspecified atom stereocenters. The molecule has 218 valence electrons. The summed E-state index contributed by atoms with van der Waals surface area (Å²) in [5.74, 6) is -1.02. The van der Waals surface area contributed by atoms with Crippen LogP contribution < -0.4 is 5.73 Å². The molecule has 0 aromatic carbocycles. The SMILES string of the molecule is CCC(=O)[C@](N)(O)[C@@H](O)[C@H](O)[C@H](O)CO[C@H]1O[C@H](CO[C@H]2O[C@H](CO)[C@@H](O)[C@H](O)[C@H]2O)[C@@H](O)[C@H](O)[C@H]1O. The maximum atomic E-state index is 11.7. The van der Waals surface area contributed by atoms with E-state index in [1.165, 1.54) is 6.92 Å². The summed E-state index contributed by atoms with van der Waals surface area (Å²) >= 11 is 0. The molecule has 2 rings (SSSR count). The number of hydrogen-bond acceptors (Lipinski definition) is 17. The Hall–Kier alpha value is -0.970. The number of ketones is 1. The molecule has 0 spiro atoms. The Morgan fingerprint density at radius 3 is 1.86 bits per heavy atom. The molecule has 0 aromatic heterocycles. The first-order chi connectivity index (χ1) is 17.2. The Morgan fingerprint density at radius 2 is 1.35 bits per heavy atom. The third-order valence-electron chi connectivity index (χ3n) is 6.31. The molecule has 2 saturated heterocycles. The minimum absolute atomic E-state index is 0.279. The zero-order valence-electron chi connectivity index (χ0n) is 19.9. The van der Waals surface area contributed by atoms with E-state index in [-0.39, 0.29) is 6.42 Å². The molecule has 0 radical (unpaired) electrons.